The summed E-state index contributed by atoms with van der Waals surface area (Å²) in [6.07, 6.45) is 4.86. The molecule has 0 bridgehead atoms. The molecule has 2 atom stereocenters. The highest BCUT2D eigenvalue weighted by Gasteiger charge is 2.26. The molecule has 1 amide bonds. The standard InChI is InChI=1S/C14H20BrNOS/c1-2-12-6-7-13(18-12)14(17)16-9-11-5-3-4-10(11)8-15/h6-7,10-11H,2-5,8-9H2,1H3,(H,16,17). The molecule has 2 rings (SSSR count). The summed E-state index contributed by atoms with van der Waals surface area (Å²) in [7, 11) is 0. The molecule has 1 fully saturated rings. The van der Waals surface area contributed by atoms with Gasteiger partial charge in [-0.3, -0.25) is 4.79 Å². The molecule has 0 saturated heterocycles. The van der Waals surface area contributed by atoms with Gasteiger partial charge in [-0.05, 0) is 43.2 Å². The minimum atomic E-state index is 0.0972. The SMILES string of the molecule is CCc1ccc(C(=O)NCC2CCCC2CBr)s1. The second-order valence-corrected chi connectivity index (χ2v) is 6.75. The summed E-state index contributed by atoms with van der Waals surface area (Å²) in [6, 6.07) is 3.99. The lowest BCUT2D eigenvalue weighted by molar-refractivity contribution is 0.0949. The van der Waals surface area contributed by atoms with Gasteiger partial charge in [0.2, 0.25) is 0 Å². The van der Waals surface area contributed by atoms with Gasteiger partial charge in [0.25, 0.3) is 5.91 Å². The van der Waals surface area contributed by atoms with Gasteiger partial charge in [0, 0.05) is 16.8 Å². The Balaban J connectivity index is 1.84. The summed E-state index contributed by atoms with van der Waals surface area (Å²) in [4.78, 5) is 14.1. The van der Waals surface area contributed by atoms with Gasteiger partial charge in [-0.2, -0.15) is 0 Å². The van der Waals surface area contributed by atoms with Crippen molar-refractivity contribution in [2.75, 3.05) is 11.9 Å². The third kappa shape index (κ3) is 3.35. The molecule has 1 aliphatic carbocycles. The fourth-order valence-corrected chi connectivity index (χ4v) is 4.30. The summed E-state index contributed by atoms with van der Waals surface area (Å²) in [5.41, 5.74) is 0. The zero-order valence-corrected chi connectivity index (χ0v) is 13.1. The van der Waals surface area contributed by atoms with Crippen LogP contribution in [0.5, 0.6) is 0 Å². The molecule has 1 aromatic rings. The van der Waals surface area contributed by atoms with Crippen LogP contribution in [-0.2, 0) is 6.42 Å². The highest BCUT2D eigenvalue weighted by Crippen LogP contribution is 2.32. The number of carbonyl (C=O) groups is 1. The third-order valence-corrected chi connectivity index (χ3v) is 5.83. The van der Waals surface area contributed by atoms with Crippen LogP contribution in [0, 0.1) is 11.8 Å². The molecule has 0 radical (unpaired) electrons. The van der Waals surface area contributed by atoms with Crippen LogP contribution in [0.4, 0.5) is 0 Å². The van der Waals surface area contributed by atoms with Gasteiger partial charge < -0.3 is 5.32 Å². The molecule has 1 heterocycles. The van der Waals surface area contributed by atoms with Crippen molar-refractivity contribution in [3.8, 4) is 0 Å². The van der Waals surface area contributed by atoms with Crippen LogP contribution in [0.15, 0.2) is 12.1 Å². The largest absolute Gasteiger partial charge is 0.351 e. The number of carbonyl (C=O) groups excluding carboxylic acids is 1. The lowest BCUT2D eigenvalue weighted by atomic mass is 9.98. The number of hydrogen-bond donors (Lipinski definition) is 1. The predicted octanol–water partition coefficient (Wildman–Crippen LogP) is 3.85. The van der Waals surface area contributed by atoms with Crippen LogP contribution < -0.4 is 5.32 Å². The molecule has 0 aliphatic heterocycles. The summed E-state index contributed by atoms with van der Waals surface area (Å²) < 4.78 is 0. The van der Waals surface area contributed by atoms with Crippen molar-refractivity contribution in [3.05, 3.63) is 21.9 Å². The van der Waals surface area contributed by atoms with Crippen LogP contribution in [-0.4, -0.2) is 17.8 Å². The van der Waals surface area contributed by atoms with E-state index in [0.29, 0.717) is 5.92 Å². The van der Waals surface area contributed by atoms with Gasteiger partial charge in [-0.25, -0.2) is 0 Å². The molecule has 1 N–H and O–H groups in total. The molecule has 2 nitrogen and oxygen atoms in total. The lowest BCUT2D eigenvalue weighted by Gasteiger charge is -2.17. The quantitative estimate of drug-likeness (QED) is 0.817. The zero-order chi connectivity index (χ0) is 13.0. The minimum absolute atomic E-state index is 0.0972. The number of hydrogen-bond acceptors (Lipinski definition) is 2. The smallest absolute Gasteiger partial charge is 0.261 e. The maximum absolute atomic E-state index is 12.0. The average Bonchev–Trinajstić information content (AvgIpc) is 3.04. The highest BCUT2D eigenvalue weighted by atomic mass is 79.9. The van der Waals surface area contributed by atoms with E-state index in [9.17, 15) is 4.79 Å². The van der Waals surface area contributed by atoms with Crippen molar-refractivity contribution < 1.29 is 4.79 Å². The van der Waals surface area contributed by atoms with Crippen molar-refractivity contribution in [2.45, 2.75) is 32.6 Å². The van der Waals surface area contributed by atoms with Crippen molar-refractivity contribution in [1.29, 1.82) is 0 Å². The fraction of sp³-hybridized carbons (Fsp3) is 0.643. The molecule has 2 unspecified atom stereocenters. The van der Waals surface area contributed by atoms with Crippen molar-refractivity contribution in [3.63, 3.8) is 0 Å². The summed E-state index contributed by atoms with van der Waals surface area (Å²) in [5.74, 6) is 1.48. The van der Waals surface area contributed by atoms with Crippen LogP contribution in [0.1, 0.15) is 40.7 Å². The first-order valence-corrected chi connectivity index (χ1v) is 8.61. The van der Waals surface area contributed by atoms with E-state index >= 15 is 0 Å². The number of amides is 1. The number of thiophene rings is 1. The molecule has 1 saturated carbocycles. The van der Waals surface area contributed by atoms with Gasteiger partial charge >= 0.3 is 0 Å². The minimum Gasteiger partial charge on any atom is -0.351 e. The average molecular weight is 330 g/mol. The van der Waals surface area contributed by atoms with E-state index in [-0.39, 0.29) is 5.91 Å². The second kappa shape index (κ2) is 6.71. The number of alkyl halides is 1. The Kier molecular flexibility index (Phi) is 5.25. The lowest BCUT2D eigenvalue weighted by Crippen LogP contribution is -2.30. The zero-order valence-electron chi connectivity index (χ0n) is 10.7. The first kappa shape index (κ1) is 14.1. The normalized spacial score (nSPS) is 23.2. The number of halogens is 1. The number of rotatable bonds is 5. The van der Waals surface area contributed by atoms with E-state index in [2.05, 4.69) is 34.2 Å². The Morgan fingerprint density at radius 2 is 2.22 bits per heavy atom. The van der Waals surface area contributed by atoms with E-state index in [4.69, 9.17) is 0 Å². The van der Waals surface area contributed by atoms with E-state index in [1.807, 2.05) is 6.07 Å². The highest BCUT2D eigenvalue weighted by molar-refractivity contribution is 9.09. The Labute approximate surface area is 121 Å². The first-order chi connectivity index (χ1) is 8.74. The molecule has 100 valence electrons. The van der Waals surface area contributed by atoms with Crippen molar-refractivity contribution in [1.82, 2.24) is 5.32 Å². The monoisotopic (exact) mass is 329 g/mol. The number of nitrogens with one attached hydrogen (secondary N) is 1. The Morgan fingerprint density at radius 3 is 2.89 bits per heavy atom. The Morgan fingerprint density at radius 1 is 1.44 bits per heavy atom. The topological polar surface area (TPSA) is 29.1 Å². The molecule has 0 aromatic carbocycles. The van der Waals surface area contributed by atoms with Crippen LogP contribution in [0.25, 0.3) is 0 Å². The van der Waals surface area contributed by atoms with Crippen LogP contribution >= 0.6 is 27.3 Å². The predicted molar refractivity (Wildman–Crippen MR) is 80.7 cm³/mol. The fourth-order valence-electron chi connectivity index (χ4n) is 2.59. The summed E-state index contributed by atoms with van der Waals surface area (Å²) >= 11 is 5.18. The third-order valence-electron chi connectivity index (χ3n) is 3.77. The van der Waals surface area contributed by atoms with E-state index in [1.165, 1.54) is 24.1 Å². The van der Waals surface area contributed by atoms with E-state index in [1.54, 1.807) is 11.3 Å². The Bertz CT molecular complexity index is 404. The van der Waals surface area contributed by atoms with Crippen molar-refractivity contribution in [2.24, 2.45) is 11.8 Å². The Hall–Kier alpha value is -0.350. The van der Waals surface area contributed by atoms with E-state index in [0.717, 1.165) is 29.1 Å². The molecule has 1 aromatic heterocycles. The summed E-state index contributed by atoms with van der Waals surface area (Å²) in [5, 5.41) is 4.16. The van der Waals surface area contributed by atoms with Crippen molar-refractivity contribution >= 4 is 33.2 Å². The number of aryl methyl sites for hydroxylation is 1. The maximum atomic E-state index is 12.0. The van der Waals surface area contributed by atoms with E-state index < -0.39 is 0 Å². The van der Waals surface area contributed by atoms with Gasteiger partial charge in [-0.15, -0.1) is 11.3 Å². The van der Waals surface area contributed by atoms with Gasteiger partial charge in [0.15, 0.2) is 0 Å². The van der Waals surface area contributed by atoms with Crippen LogP contribution in [0.3, 0.4) is 0 Å². The molecular weight excluding hydrogens is 310 g/mol. The molecule has 1 aliphatic rings. The molecule has 18 heavy (non-hydrogen) atoms. The van der Waals surface area contributed by atoms with Gasteiger partial charge in [0.05, 0.1) is 4.88 Å². The molecule has 0 spiro atoms. The second-order valence-electron chi connectivity index (χ2n) is 4.93. The first-order valence-electron chi connectivity index (χ1n) is 6.67. The van der Waals surface area contributed by atoms with Gasteiger partial charge in [0.1, 0.15) is 0 Å². The molecular formula is C14H20BrNOS. The van der Waals surface area contributed by atoms with Crippen LogP contribution in [0.2, 0.25) is 0 Å². The van der Waals surface area contributed by atoms with Gasteiger partial charge in [-0.1, -0.05) is 29.3 Å². The molecule has 4 heteroatoms. The summed E-state index contributed by atoms with van der Waals surface area (Å²) in [6.45, 7) is 2.95. The maximum Gasteiger partial charge on any atom is 0.261 e.